The summed E-state index contributed by atoms with van der Waals surface area (Å²) in [7, 11) is 0. The van der Waals surface area contributed by atoms with Gasteiger partial charge in [-0.25, -0.2) is 4.68 Å². The molecule has 2 aliphatic rings. The van der Waals surface area contributed by atoms with Gasteiger partial charge in [-0.3, -0.25) is 4.90 Å². The van der Waals surface area contributed by atoms with Crippen molar-refractivity contribution in [2.45, 2.75) is 44.7 Å². The van der Waals surface area contributed by atoms with Gasteiger partial charge in [-0.2, -0.15) is 0 Å². The van der Waals surface area contributed by atoms with E-state index in [2.05, 4.69) is 56.3 Å². The summed E-state index contributed by atoms with van der Waals surface area (Å²) in [6.45, 7) is 5.49. The highest BCUT2D eigenvalue weighted by atomic mass is 16.5. The third kappa shape index (κ3) is 3.08. The summed E-state index contributed by atoms with van der Waals surface area (Å²) >= 11 is 0. The van der Waals surface area contributed by atoms with Crippen molar-refractivity contribution >= 4 is 0 Å². The Hall–Kier alpha value is -1.79. The molecule has 1 aromatic carbocycles. The third-order valence-corrected chi connectivity index (χ3v) is 5.24. The number of aryl methyl sites for hydroxylation is 1. The van der Waals surface area contributed by atoms with Crippen LogP contribution in [0.2, 0.25) is 0 Å². The molecule has 24 heavy (non-hydrogen) atoms. The lowest BCUT2D eigenvalue weighted by molar-refractivity contribution is 0.0213. The van der Waals surface area contributed by atoms with Gasteiger partial charge in [-0.1, -0.05) is 42.7 Å². The summed E-state index contributed by atoms with van der Waals surface area (Å²) in [6.07, 6.45) is 4.91. The monoisotopic (exact) mass is 327 g/mol. The van der Waals surface area contributed by atoms with Crippen LogP contribution >= 0.6 is 0 Å². The van der Waals surface area contributed by atoms with E-state index >= 15 is 0 Å². The van der Waals surface area contributed by atoms with Gasteiger partial charge in [0.05, 0.1) is 25.3 Å². The van der Waals surface area contributed by atoms with Crippen molar-refractivity contribution < 1.29 is 4.74 Å². The second-order valence-corrected chi connectivity index (χ2v) is 6.88. The Morgan fingerprint density at radius 3 is 2.50 bits per heavy atom. The minimum atomic E-state index is 0.102. The summed E-state index contributed by atoms with van der Waals surface area (Å²) < 4.78 is 7.64. The van der Waals surface area contributed by atoms with Gasteiger partial charge >= 0.3 is 0 Å². The van der Waals surface area contributed by atoms with Crippen molar-refractivity contribution in [1.29, 1.82) is 0 Å². The van der Waals surface area contributed by atoms with Crippen LogP contribution in [0.4, 0.5) is 0 Å². The predicted octanol–water partition coefficient (Wildman–Crippen LogP) is 2.52. The van der Waals surface area contributed by atoms with Gasteiger partial charge in [0.1, 0.15) is 0 Å². The Balaban J connectivity index is 1.72. The van der Waals surface area contributed by atoms with Gasteiger partial charge in [-0.15, -0.1) is 5.10 Å². The molecular weight excluding hydrogens is 302 g/mol. The van der Waals surface area contributed by atoms with Crippen molar-refractivity contribution in [2.75, 3.05) is 26.3 Å². The Labute approximate surface area is 142 Å². The second kappa shape index (κ2) is 6.99. The van der Waals surface area contributed by atoms with E-state index in [4.69, 9.17) is 4.74 Å². The zero-order valence-corrected chi connectivity index (χ0v) is 14.3. The van der Waals surface area contributed by atoms with Crippen LogP contribution in [0.5, 0.6) is 0 Å². The molecule has 0 N–H and O–H groups in total. The first-order valence-corrected chi connectivity index (χ1v) is 8.99. The minimum absolute atomic E-state index is 0.102. The Morgan fingerprint density at radius 1 is 1.08 bits per heavy atom. The van der Waals surface area contributed by atoms with Crippen molar-refractivity contribution in [3.05, 3.63) is 41.2 Å². The summed E-state index contributed by atoms with van der Waals surface area (Å²) in [5, 5.41) is 12.8. The molecule has 2 fully saturated rings. The van der Waals surface area contributed by atoms with Crippen LogP contribution in [0.15, 0.2) is 24.3 Å². The molecule has 0 radical (unpaired) electrons. The van der Waals surface area contributed by atoms with Crippen LogP contribution in [0.3, 0.4) is 0 Å². The van der Waals surface area contributed by atoms with E-state index in [1.165, 1.54) is 36.8 Å². The number of rotatable bonds is 4. The molecule has 1 aliphatic carbocycles. The topological polar surface area (TPSA) is 56.1 Å². The molecule has 6 heteroatoms. The van der Waals surface area contributed by atoms with E-state index < -0.39 is 0 Å². The molecule has 1 aromatic heterocycles. The average molecular weight is 327 g/mol. The molecule has 1 aliphatic heterocycles. The SMILES string of the molecule is Cc1ccc(C(c2nnnn2C2CCCC2)N2CCOCC2)cc1. The van der Waals surface area contributed by atoms with Gasteiger partial charge in [0.25, 0.3) is 0 Å². The summed E-state index contributed by atoms with van der Waals surface area (Å²) in [4.78, 5) is 2.45. The molecule has 1 saturated carbocycles. The van der Waals surface area contributed by atoms with E-state index in [0.29, 0.717) is 6.04 Å². The number of hydrogen-bond acceptors (Lipinski definition) is 5. The van der Waals surface area contributed by atoms with E-state index in [1.54, 1.807) is 0 Å². The first kappa shape index (κ1) is 15.7. The molecule has 0 bridgehead atoms. The molecule has 2 aromatic rings. The lowest BCUT2D eigenvalue weighted by Gasteiger charge is -2.34. The Morgan fingerprint density at radius 2 is 1.79 bits per heavy atom. The second-order valence-electron chi connectivity index (χ2n) is 6.88. The maximum absolute atomic E-state index is 5.55. The number of hydrogen-bond donors (Lipinski definition) is 0. The maximum atomic E-state index is 5.55. The molecule has 1 saturated heterocycles. The summed E-state index contributed by atoms with van der Waals surface area (Å²) in [5.74, 6) is 0.979. The first-order chi connectivity index (χ1) is 11.8. The smallest absolute Gasteiger partial charge is 0.173 e. The van der Waals surface area contributed by atoms with E-state index in [0.717, 1.165) is 32.1 Å². The standard InChI is InChI=1S/C18H25N5O/c1-14-6-8-15(9-7-14)17(22-10-12-24-13-11-22)18-19-20-21-23(18)16-4-2-3-5-16/h6-9,16-17H,2-5,10-13H2,1H3. The zero-order chi connectivity index (χ0) is 16.4. The van der Waals surface area contributed by atoms with Gasteiger partial charge in [0, 0.05) is 13.1 Å². The number of ether oxygens (including phenoxy) is 1. The van der Waals surface area contributed by atoms with Crippen molar-refractivity contribution in [3.63, 3.8) is 0 Å². The quantitative estimate of drug-likeness (QED) is 0.864. The predicted molar refractivity (Wildman–Crippen MR) is 90.7 cm³/mol. The maximum Gasteiger partial charge on any atom is 0.173 e. The van der Waals surface area contributed by atoms with Crippen LogP contribution in [0, 0.1) is 6.92 Å². The molecule has 0 amide bonds. The van der Waals surface area contributed by atoms with Crippen molar-refractivity contribution in [2.24, 2.45) is 0 Å². The summed E-state index contributed by atoms with van der Waals surface area (Å²) in [5.41, 5.74) is 2.53. The Kier molecular flexibility index (Phi) is 4.58. The number of aromatic nitrogens is 4. The van der Waals surface area contributed by atoms with Crippen molar-refractivity contribution in [1.82, 2.24) is 25.1 Å². The van der Waals surface area contributed by atoms with E-state index in [9.17, 15) is 0 Å². The highest BCUT2D eigenvalue weighted by Crippen LogP contribution is 2.34. The highest BCUT2D eigenvalue weighted by Gasteiger charge is 2.31. The van der Waals surface area contributed by atoms with E-state index in [-0.39, 0.29) is 6.04 Å². The molecule has 6 nitrogen and oxygen atoms in total. The highest BCUT2D eigenvalue weighted by molar-refractivity contribution is 5.28. The molecule has 4 rings (SSSR count). The number of benzene rings is 1. The fourth-order valence-corrected chi connectivity index (χ4v) is 3.90. The normalized spacial score (nSPS) is 21.2. The first-order valence-electron chi connectivity index (χ1n) is 8.99. The fraction of sp³-hybridized carbons (Fsp3) is 0.611. The molecule has 1 atom stereocenters. The molecule has 0 spiro atoms. The molecule has 2 heterocycles. The number of tetrazole rings is 1. The molecule has 1 unspecified atom stereocenters. The lowest BCUT2D eigenvalue weighted by atomic mass is 10.0. The van der Waals surface area contributed by atoms with Crippen LogP contribution in [-0.2, 0) is 4.74 Å². The minimum Gasteiger partial charge on any atom is -0.379 e. The van der Waals surface area contributed by atoms with Crippen LogP contribution in [0.1, 0.15) is 54.7 Å². The van der Waals surface area contributed by atoms with Crippen molar-refractivity contribution in [3.8, 4) is 0 Å². The zero-order valence-electron chi connectivity index (χ0n) is 14.3. The lowest BCUT2D eigenvalue weighted by Crippen LogP contribution is -2.40. The average Bonchev–Trinajstić information content (AvgIpc) is 3.29. The van der Waals surface area contributed by atoms with Crippen LogP contribution in [0.25, 0.3) is 0 Å². The fourth-order valence-electron chi connectivity index (χ4n) is 3.90. The number of nitrogens with zero attached hydrogens (tertiary/aromatic N) is 5. The van der Waals surface area contributed by atoms with Crippen LogP contribution in [-0.4, -0.2) is 51.4 Å². The van der Waals surface area contributed by atoms with Gasteiger partial charge < -0.3 is 4.74 Å². The van der Waals surface area contributed by atoms with E-state index in [1.807, 2.05) is 0 Å². The number of morpholine rings is 1. The molecular formula is C18H25N5O. The van der Waals surface area contributed by atoms with Crippen LogP contribution < -0.4 is 0 Å². The Bertz CT molecular complexity index is 656. The van der Waals surface area contributed by atoms with Gasteiger partial charge in [0.15, 0.2) is 5.82 Å². The van der Waals surface area contributed by atoms with Gasteiger partial charge in [-0.05, 0) is 35.8 Å². The largest absolute Gasteiger partial charge is 0.379 e. The van der Waals surface area contributed by atoms with Gasteiger partial charge in [0.2, 0.25) is 0 Å². The summed E-state index contributed by atoms with van der Waals surface area (Å²) in [6, 6.07) is 9.32. The third-order valence-electron chi connectivity index (χ3n) is 5.24. The molecule has 128 valence electrons.